The van der Waals surface area contributed by atoms with E-state index >= 15 is 0 Å². The van der Waals surface area contributed by atoms with Crippen molar-refractivity contribution in [3.05, 3.63) is 101 Å². The maximum Gasteiger partial charge on any atom is 0.122 e. The number of hydrogen-bond acceptors (Lipinski definition) is 1. The van der Waals surface area contributed by atoms with E-state index in [0.717, 1.165) is 24.0 Å². The Kier molecular flexibility index (Phi) is 5.78. The van der Waals surface area contributed by atoms with Crippen LogP contribution in [0.1, 0.15) is 40.7 Å². The number of benzene rings is 3. The first-order valence-electron chi connectivity index (χ1n) is 8.66. The summed E-state index contributed by atoms with van der Waals surface area (Å²) in [6, 6.07) is 24.7. The standard InChI is InChI=1S/C23H23ClO/c1-17(16-24)20-14-21(12-18-8-4-2-5-9-18)23(25)22(15-20)13-19-10-6-3-7-11-19/h2-11,14-15,17,25H,12-13,16H2,1H3. The third kappa shape index (κ3) is 4.43. The number of alkyl halides is 1. The number of phenols is 1. The molecular formula is C23H23ClO. The summed E-state index contributed by atoms with van der Waals surface area (Å²) in [5.74, 6) is 1.23. The van der Waals surface area contributed by atoms with E-state index in [4.69, 9.17) is 11.6 Å². The van der Waals surface area contributed by atoms with Crippen LogP contribution in [0.4, 0.5) is 0 Å². The zero-order valence-corrected chi connectivity index (χ0v) is 15.2. The average molecular weight is 351 g/mol. The van der Waals surface area contributed by atoms with Crippen LogP contribution in [0.25, 0.3) is 0 Å². The molecule has 1 unspecified atom stereocenters. The van der Waals surface area contributed by atoms with E-state index in [1.807, 2.05) is 36.4 Å². The van der Waals surface area contributed by atoms with Crippen molar-refractivity contribution in [2.75, 3.05) is 5.88 Å². The van der Waals surface area contributed by atoms with Crippen LogP contribution in [0, 0.1) is 0 Å². The van der Waals surface area contributed by atoms with Crippen LogP contribution >= 0.6 is 11.6 Å². The Morgan fingerprint density at radius 1 is 0.800 bits per heavy atom. The Labute approximate surface area is 154 Å². The van der Waals surface area contributed by atoms with E-state index in [1.165, 1.54) is 16.7 Å². The summed E-state index contributed by atoms with van der Waals surface area (Å²) in [4.78, 5) is 0. The van der Waals surface area contributed by atoms with Crippen molar-refractivity contribution >= 4 is 11.6 Å². The first-order chi connectivity index (χ1) is 12.2. The molecule has 0 saturated carbocycles. The molecule has 1 nitrogen and oxygen atoms in total. The summed E-state index contributed by atoms with van der Waals surface area (Å²) in [5, 5.41) is 10.9. The number of rotatable bonds is 6. The molecule has 1 N–H and O–H groups in total. The molecule has 0 amide bonds. The minimum Gasteiger partial charge on any atom is -0.507 e. The van der Waals surface area contributed by atoms with Gasteiger partial charge in [0, 0.05) is 18.7 Å². The van der Waals surface area contributed by atoms with Crippen molar-refractivity contribution in [2.45, 2.75) is 25.7 Å². The summed E-state index contributed by atoms with van der Waals surface area (Å²) < 4.78 is 0. The third-order valence-corrected chi connectivity index (χ3v) is 5.03. The van der Waals surface area contributed by atoms with E-state index in [1.54, 1.807) is 0 Å². The highest BCUT2D eigenvalue weighted by molar-refractivity contribution is 6.18. The number of halogens is 1. The highest BCUT2D eigenvalue weighted by atomic mass is 35.5. The molecule has 2 heteroatoms. The Hall–Kier alpha value is -2.25. The fraction of sp³-hybridized carbons (Fsp3) is 0.217. The van der Waals surface area contributed by atoms with E-state index < -0.39 is 0 Å². The molecule has 0 bridgehead atoms. The molecule has 0 spiro atoms. The number of aromatic hydroxyl groups is 1. The molecule has 3 aromatic carbocycles. The normalized spacial score (nSPS) is 12.1. The fourth-order valence-corrected chi connectivity index (χ4v) is 3.24. The van der Waals surface area contributed by atoms with Gasteiger partial charge < -0.3 is 5.11 Å². The van der Waals surface area contributed by atoms with E-state index in [0.29, 0.717) is 11.6 Å². The molecule has 3 rings (SSSR count). The van der Waals surface area contributed by atoms with Gasteiger partial charge in [-0.2, -0.15) is 0 Å². The van der Waals surface area contributed by atoms with Crippen molar-refractivity contribution in [1.82, 2.24) is 0 Å². The van der Waals surface area contributed by atoms with Gasteiger partial charge in [-0.3, -0.25) is 0 Å². The van der Waals surface area contributed by atoms with Gasteiger partial charge in [0.05, 0.1) is 0 Å². The zero-order chi connectivity index (χ0) is 17.6. The summed E-state index contributed by atoms with van der Waals surface area (Å²) in [5.41, 5.74) is 5.50. The second-order valence-electron chi connectivity index (χ2n) is 6.57. The van der Waals surface area contributed by atoms with Crippen LogP contribution in [0.2, 0.25) is 0 Å². The lowest BCUT2D eigenvalue weighted by Gasteiger charge is -2.16. The number of hydrogen-bond donors (Lipinski definition) is 1. The first kappa shape index (κ1) is 17.6. The Morgan fingerprint density at radius 2 is 1.24 bits per heavy atom. The molecule has 0 aliphatic rings. The van der Waals surface area contributed by atoms with Gasteiger partial charge in [0.25, 0.3) is 0 Å². The molecule has 128 valence electrons. The molecular weight excluding hydrogens is 328 g/mol. The van der Waals surface area contributed by atoms with E-state index in [2.05, 4.69) is 43.3 Å². The molecule has 0 aliphatic heterocycles. The predicted molar refractivity (Wildman–Crippen MR) is 106 cm³/mol. The van der Waals surface area contributed by atoms with Gasteiger partial charge in [-0.15, -0.1) is 11.6 Å². The Balaban J connectivity index is 1.99. The van der Waals surface area contributed by atoms with Crippen molar-refractivity contribution in [3.63, 3.8) is 0 Å². The molecule has 0 saturated heterocycles. The molecule has 0 heterocycles. The molecule has 0 fully saturated rings. The molecule has 0 radical (unpaired) electrons. The van der Waals surface area contributed by atoms with Crippen molar-refractivity contribution in [2.24, 2.45) is 0 Å². The van der Waals surface area contributed by atoms with Crippen LogP contribution in [0.3, 0.4) is 0 Å². The molecule has 0 aromatic heterocycles. The largest absolute Gasteiger partial charge is 0.507 e. The van der Waals surface area contributed by atoms with Crippen LogP contribution < -0.4 is 0 Å². The van der Waals surface area contributed by atoms with E-state index in [9.17, 15) is 5.11 Å². The smallest absolute Gasteiger partial charge is 0.122 e. The molecule has 25 heavy (non-hydrogen) atoms. The van der Waals surface area contributed by atoms with Crippen LogP contribution in [-0.4, -0.2) is 11.0 Å². The maximum absolute atomic E-state index is 10.9. The second-order valence-corrected chi connectivity index (χ2v) is 6.88. The van der Waals surface area contributed by atoms with Gasteiger partial charge in [-0.25, -0.2) is 0 Å². The fourth-order valence-electron chi connectivity index (χ4n) is 3.06. The second kappa shape index (κ2) is 8.22. The van der Waals surface area contributed by atoms with Crippen LogP contribution in [0.15, 0.2) is 72.8 Å². The van der Waals surface area contributed by atoms with Gasteiger partial charge in [0.1, 0.15) is 5.75 Å². The molecule has 1 atom stereocenters. The van der Waals surface area contributed by atoms with Gasteiger partial charge in [-0.05, 0) is 33.7 Å². The maximum atomic E-state index is 10.9. The minimum atomic E-state index is 0.256. The first-order valence-corrected chi connectivity index (χ1v) is 9.19. The number of phenolic OH excluding ortho intramolecular Hbond substituents is 1. The summed E-state index contributed by atoms with van der Waals surface area (Å²) in [6.45, 7) is 2.12. The quantitative estimate of drug-likeness (QED) is 0.547. The van der Waals surface area contributed by atoms with Gasteiger partial charge in [-0.1, -0.05) is 79.7 Å². The topological polar surface area (TPSA) is 20.2 Å². The van der Waals surface area contributed by atoms with Crippen LogP contribution in [0.5, 0.6) is 5.75 Å². The van der Waals surface area contributed by atoms with Gasteiger partial charge >= 0.3 is 0 Å². The minimum absolute atomic E-state index is 0.256. The Bertz CT molecular complexity index is 750. The average Bonchev–Trinajstić information content (AvgIpc) is 2.66. The SMILES string of the molecule is CC(CCl)c1cc(Cc2ccccc2)c(O)c(Cc2ccccc2)c1. The Morgan fingerprint density at radius 3 is 1.64 bits per heavy atom. The summed E-state index contributed by atoms with van der Waals surface area (Å²) in [7, 11) is 0. The van der Waals surface area contributed by atoms with Gasteiger partial charge in [0.15, 0.2) is 0 Å². The summed E-state index contributed by atoms with van der Waals surface area (Å²) >= 11 is 6.09. The van der Waals surface area contributed by atoms with Crippen molar-refractivity contribution < 1.29 is 5.11 Å². The highest BCUT2D eigenvalue weighted by Crippen LogP contribution is 2.32. The van der Waals surface area contributed by atoms with Crippen molar-refractivity contribution in [3.8, 4) is 5.75 Å². The predicted octanol–water partition coefficient (Wildman–Crippen LogP) is 5.92. The van der Waals surface area contributed by atoms with E-state index in [-0.39, 0.29) is 5.92 Å². The monoisotopic (exact) mass is 350 g/mol. The third-order valence-electron chi connectivity index (χ3n) is 4.57. The van der Waals surface area contributed by atoms with Crippen molar-refractivity contribution in [1.29, 1.82) is 0 Å². The lowest BCUT2D eigenvalue weighted by atomic mass is 9.91. The lowest BCUT2D eigenvalue weighted by Crippen LogP contribution is -2.01. The zero-order valence-electron chi connectivity index (χ0n) is 14.5. The highest BCUT2D eigenvalue weighted by Gasteiger charge is 2.14. The molecule has 3 aromatic rings. The molecule has 0 aliphatic carbocycles. The lowest BCUT2D eigenvalue weighted by molar-refractivity contribution is 0.463. The van der Waals surface area contributed by atoms with Crippen LogP contribution in [-0.2, 0) is 12.8 Å². The summed E-state index contributed by atoms with van der Waals surface area (Å²) in [6.07, 6.45) is 1.44. The van der Waals surface area contributed by atoms with Gasteiger partial charge in [0.2, 0.25) is 0 Å².